The molecule has 0 spiro atoms. The lowest BCUT2D eigenvalue weighted by Crippen LogP contribution is -2.28. The Morgan fingerprint density at radius 3 is 2.26 bits per heavy atom. The zero-order chi connectivity index (χ0) is 18.3. The molecule has 6 heteroatoms. The second kappa shape index (κ2) is 7.92. The highest BCUT2D eigenvalue weighted by molar-refractivity contribution is 7.90. The maximum absolute atomic E-state index is 11.6. The highest BCUT2D eigenvalue weighted by Crippen LogP contribution is 2.44. The highest BCUT2D eigenvalue weighted by atomic mass is 35.5. The average molecular weight is 407 g/mol. The minimum absolute atomic E-state index is 0. The molecule has 146 valence electrons. The number of halogens is 1. The van der Waals surface area contributed by atoms with Crippen molar-refractivity contribution in [2.45, 2.75) is 17.5 Å². The van der Waals surface area contributed by atoms with Crippen LogP contribution in [0.5, 0.6) is 0 Å². The first-order valence-electron chi connectivity index (χ1n) is 9.18. The Hall–Kier alpha value is -1.40. The number of rotatable bonds is 4. The normalized spacial score (nSPS) is 25.9. The molecule has 2 aromatic carbocycles. The Kier molecular flexibility index (Phi) is 5.96. The second-order valence-electron chi connectivity index (χ2n) is 7.83. The van der Waals surface area contributed by atoms with E-state index in [1.165, 1.54) is 17.4 Å². The predicted octanol–water partition coefficient (Wildman–Crippen LogP) is 3.25. The number of fused-ring (bicyclic) bond motifs is 1. The number of likely N-dealkylation sites (tertiary alicyclic amines) is 2. The molecule has 0 bridgehead atoms. The van der Waals surface area contributed by atoms with E-state index in [2.05, 4.69) is 47.2 Å². The van der Waals surface area contributed by atoms with Crippen LogP contribution in [0.3, 0.4) is 0 Å². The Morgan fingerprint density at radius 2 is 1.63 bits per heavy atom. The van der Waals surface area contributed by atoms with Gasteiger partial charge in [-0.3, -0.25) is 9.80 Å². The van der Waals surface area contributed by atoms with Crippen LogP contribution in [0.2, 0.25) is 0 Å². The molecule has 4 nitrogen and oxygen atoms in total. The average Bonchev–Trinajstić information content (AvgIpc) is 3.11. The number of sulfone groups is 1. The van der Waals surface area contributed by atoms with Gasteiger partial charge in [0.2, 0.25) is 0 Å². The van der Waals surface area contributed by atoms with Crippen LogP contribution in [0.15, 0.2) is 59.5 Å². The van der Waals surface area contributed by atoms with Gasteiger partial charge in [-0.25, -0.2) is 8.42 Å². The molecule has 0 unspecified atom stereocenters. The molecule has 0 amide bonds. The van der Waals surface area contributed by atoms with Crippen molar-refractivity contribution in [2.75, 3.05) is 32.9 Å². The van der Waals surface area contributed by atoms with Crippen LogP contribution in [0.1, 0.15) is 17.2 Å². The summed E-state index contributed by atoms with van der Waals surface area (Å²) in [4.78, 5) is 5.42. The van der Waals surface area contributed by atoms with Crippen LogP contribution >= 0.6 is 12.4 Å². The van der Waals surface area contributed by atoms with Crippen LogP contribution in [0.4, 0.5) is 0 Å². The fourth-order valence-corrected chi connectivity index (χ4v) is 5.36. The Labute approximate surface area is 168 Å². The Morgan fingerprint density at radius 1 is 0.963 bits per heavy atom. The molecule has 0 aromatic heterocycles. The van der Waals surface area contributed by atoms with E-state index >= 15 is 0 Å². The van der Waals surface area contributed by atoms with Crippen molar-refractivity contribution >= 4 is 22.2 Å². The lowest BCUT2D eigenvalue weighted by molar-refractivity contribution is 0.224. The Bertz CT molecular complexity index is 871. The first-order valence-corrected chi connectivity index (χ1v) is 11.1. The second-order valence-corrected chi connectivity index (χ2v) is 9.84. The fraction of sp³-hybridized carbons (Fsp3) is 0.429. The van der Waals surface area contributed by atoms with Crippen molar-refractivity contribution in [1.29, 1.82) is 0 Å². The molecular weight excluding hydrogens is 380 g/mol. The summed E-state index contributed by atoms with van der Waals surface area (Å²) in [6, 6.07) is 18.7. The molecule has 0 N–H and O–H groups in total. The topological polar surface area (TPSA) is 40.6 Å². The zero-order valence-corrected chi connectivity index (χ0v) is 17.4. The summed E-state index contributed by atoms with van der Waals surface area (Å²) >= 11 is 0. The molecule has 0 saturated carbocycles. The van der Waals surface area contributed by atoms with Gasteiger partial charge in [0.15, 0.2) is 9.84 Å². The lowest BCUT2D eigenvalue weighted by atomic mass is 9.90. The quantitative estimate of drug-likeness (QED) is 0.781. The van der Waals surface area contributed by atoms with Crippen molar-refractivity contribution in [2.24, 2.45) is 11.8 Å². The van der Waals surface area contributed by atoms with Gasteiger partial charge in [-0.15, -0.1) is 12.4 Å². The molecule has 0 radical (unpaired) electrons. The minimum atomic E-state index is -3.12. The van der Waals surface area contributed by atoms with Gasteiger partial charge in [-0.1, -0.05) is 42.5 Å². The number of hydrogen-bond donors (Lipinski definition) is 0. The summed E-state index contributed by atoms with van der Waals surface area (Å²) in [5, 5.41) is 0. The number of nitrogens with zero attached hydrogens (tertiary/aromatic N) is 2. The molecule has 3 atom stereocenters. The van der Waals surface area contributed by atoms with Crippen LogP contribution in [-0.4, -0.2) is 51.2 Å². The van der Waals surface area contributed by atoms with E-state index < -0.39 is 9.84 Å². The Balaban J connectivity index is 0.00000210. The molecule has 27 heavy (non-hydrogen) atoms. The largest absolute Gasteiger partial charge is 0.299 e. The molecule has 2 aliphatic heterocycles. The summed E-state index contributed by atoms with van der Waals surface area (Å²) in [6.07, 6.45) is 1.25. The number of benzene rings is 2. The zero-order valence-electron chi connectivity index (χ0n) is 15.8. The molecule has 4 rings (SSSR count). The molecule has 2 saturated heterocycles. The molecule has 2 aromatic rings. The predicted molar refractivity (Wildman–Crippen MR) is 111 cm³/mol. The van der Waals surface area contributed by atoms with E-state index in [9.17, 15) is 8.42 Å². The lowest BCUT2D eigenvalue weighted by Gasteiger charge is -2.27. The van der Waals surface area contributed by atoms with E-state index in [-0.39, 0.29) is 12.4 Å². The van der Waals surface area contributed by atoms with Gasteiger partial charge < -0.3 is 0 Å². The van der Waals surface area contributed by atoms with Gasteiger partial charge in [0, 0.05) is 38.5 Å². The van der Waals surface area contributed by atoms with E-state index in [0.29, 0.717) is 22.8 Å². The smallest absolute Gasteiger partial charge is 0.175 e. The summed E-state index contributed by atoms with van der Waals surface area (Å²) in [5.41, 5.74) is 2.60. The summed E-state index contributed by atoms with van der Waals surface area (Å²) in [7, 11) is -0.882. The number of hydrogen-bond acceptors (Lipinski definition) is 4. The molecule has 2 heterocycles. The standard InChI is InChI=1S/C21H26N2O2S.ClH/c1-22-13-18-14-23(12-16-8-10-19(11-9-16)26(2,24)25)15-20(18)21(22)17-6-4-3-5-7-17;/h3-11,18,20-21H,12-15H2,1-2H3;1H/t18-,20+,21-;/m0./s1. The summed E-state index contributed by atoms with van der Waals surface area (Å²) in [5.74, 6) is 1.37. The third-order valence-electron chi connectivity index (χ3n) is 5.87. The molecular formula is C21H27ClN2O2S. The maximum Gasteiger partial charge on any atom is 0.175 e. The van der Waals surface area contributed by atoms with Crippen molar-refractivity contribution < 1.29 is 8.42 Å². The van der Waals surface area contributed by atoms with Crippen LogP contribution < -0.4 is 0 Å². The third-order valence-corrected chi connectivity index (χ3v) is 7.00. The van der Waals surface area contributed by atoms with Crippen molar-refractivity contribution in [1.82, 2.24) is 9.80 Å². The van der Waals surface area contributed by atoms with Crippen molar-refractivity contribution in [3.63, 3.8) is 0 Å². The van der Waals surface area contributed by atoms with Gasteiger partial charge in [-0.05, 0) is 42.1 Å². The molecule has 2 fully saturated rings. The van der Waals surface area contributed by atoms with Gasteiger partial charge in [0.25, 0.3) is 0 Å². The van der Waals surface area contributed by atoms with Gasteiger partial charge >= 0.3 is 0 Å². The minimum Gasteiger partial charge on any atom is -0.299 e. The van der Waals surface area contributed by atoms with Crippen LogP contribution in [0, 0.1) is 11.8 Å². The van der Waals surface area contributed by atoms with E-state index in [1.54, 1.807) is 12.1 Å². The van der Waals surface area contributed by atoms with Gasteiger partial charge in [-0.2, -0.15) is 0 Å². The monoisotopic (exact) mass is 406 g/mol. The van der Waals surface area contributed by atoms with E-state index in [1.807, 2.05) is 12.1 Å². The third kappa shape index (κ3) is 4.21. The van der Waals surface area contributed by atoms with E-state index in [4.69, 9.17) is 0 Å². The van der Waals surface area contributed by atoms with Crippen molar-refractivity contribution in [3.8, 4) is 0 Å². The highest BCUT2D eigenvalue weighted by Gasteiger charge is 2.45. The van der Waals surface area contributed by atoms with Gasteiger partial charge in [0.1, 0.15) is 0 Å². The van der Waals surface area contributed by atoms with E-state index in [0.717, 1.165) is 26.2 Å². The first kappa shape index (κ1) is 20.3. The summed E-state index contributed by atoms with van der Waals surface area (Å²) in [6.45, 7) is 4.25. The van der Waals surface area contributed by atoms with Gasteiger partial charge in [0.05, 0.1) is 4.90 Å². The fourth-order valence-electron chi connectivity index (χ4n) is 4.73. The first-order chi connectivity index (χ1) is 12.4. The molecule has 0 aliphatic carbocycles. The maximum atomic E-state index is 11.6. The van der Waals surface area contributed by atoms with Crippen LogP contribution in [-0.2, 0) is 16.4 Å². The van der Waals surface area contributed by atoms with Crippen molar-refractivity contribution in [3.05, 3.63) is 65.7 Å². The van der Waals surface area contributed by atoms with Crippen LogP contribution in [0.25, 0.3) is 0 Å². The summed E-state index contributed by atoms with van der Waals surface area (Å²) < 4.78 is 23.2. The SMILES string of the molecule is CN1C[C@H]2CN(Cc3ccc(S(C)(=O)=O)cc3)C[C@H]2[C@@H]1c1ccccc1.Cl. The molecule has 2 aliphatic rings.